The van der Waals surface area contributed by atoms with E-state index in [4.69, 9.17) is 11.6 Å². The number of nitrogens with one attached hydrogen (secondary N) is 1. The Morgan fingerprint density at radius 2 is 1.64 bits per heavy atom. The van der Waals surface area contributed by atoms with E-state index in [9.17, 15) is 8.42 Å². The molecule has 22 heavy (non-hydrogen) atoms. The smallest absolute Gasteiger partial charge is 0.261 e. The normalized spacial score (nSPS) is 11.5. The van der Waals surface area contributed by atoms with Crippen molar-refractivity contribution in [1.29, 1.82) is 0 Å². The third-order valence-corrected chi connectivity index (χ3v) is 5.36. The van der Waals surface area contributed by atoms with Crippen LogP contribution in [0.5, 0.6) is 0 Å². The van der Waals surface area contributed by atoms with Crippen LogP contribution in [0.25, 0.3) is 0 Å². The Hall–Kier alpha value is -1.52. The van der Waals surface area contributed by atoms with Crippen LogP contribution in [0.4, 0.5) is 5.69 Å². The Kier molecular flexibility index (Phi) is 5.14. The lowest BCUT2D eigenvalue weighted by atomic mass is 10.0. The van der Waals surface area contributed by atoms with Gasteiger partial charge in [0.05, 0.1) is 10.6 Å². The molecule has 0 aliphatic carbocycles. The van der Waals surface area contributed by atoms with E-state index in [2.05, 4.69) is 4.72 Å². The molecule has 0 aromatic heterocycles. The zero-order valence-electron chi connectivity index (χ0n) is 13.0. The van der Waals surface area contributed by atoms with Gasteiger partial charge in [0.15, 0.2) is 0 Å². The highest BCUT2D eigenvalue weighted by molar-refractivity contribution is 7.92. The van der Waals surface area contributed by atoms with Crippen molar-refractivity contribution in [2.24, 2.45) is 0 Å². The third kappa shape index (κ3) is 3.45. The largest absolute Gasteiger partial charge is 0.279 e. The lowest BCUT2D eigenvalue weighted by molar-refractivity contribution is 0.601. The summed E-state index contributed by atoms with van der Waals surface area (Å²) < 4.78 is 27.9. The van der Waals surface area contributed by atoms with Crippen LogP contribution in [-0.2, 0) is 22.9 Å². The summed E-state index contributed by atoms with van der Waals surface area (Å²) in [4.78, 5) is 0.252. The maximum Gasteiger partial charge on any atom is 0.261 e. The molecule has 0 unspecified atom stereocenters. The van der Waals surface area contributed by atoms with Crippen molar-refractivity contribution in [3.8, 4) is 0 Å². The van der Waals surface area contributed by atoms with E-state index in [-0.39, 0.29) is 4.90 Å². The highest BCUT2D eigenvalue weighted by Crippen LogP contribution is 2.31. The fourth-order valence-corrected chi connectivity index (χ4v) is 3.78. The van der Waals surface area contributed by atoms with E-state index in [0.717, 1.165) is 23.1 Å². The monoisotopic (exact) mass is 337 g/mol. The summed E-state index contributed by atoms with van der Waals surface area (Å²) in [6, 6.07) is 10.5. The van der Waals surface area contributed by atoms with E-state index in [1.54, 1.807) is 24.3 Å². The van der Waals surface area contributed by atoms with Gasteiger partial charge in [-0.05, 0) is 49.1 Å². The minimum Gasteiger partial charge on any atom is -0.279 e. The number of aryl methyl sites for hydroxylation is 2. The van der Waals surface area contributed by atoms with Crippen LogP contribution >= 0.6 is 11.6 Å². The lowest BCUT2D eigenvalue weighted by Gasteiger charge is -2.17. The maximum atomic E-state index is 12.6. The van der Waals surface area contributed by atoms with Gasteiger partial charge < -0.3 is 0 Å². The van der Waals surface area contributed by atoms with Crippen LogP contribution in [0.3, 0.4) is 0 Å². The van der Waals surface area contributed by atoms with Crippen LogP contribution in [-0.4, -0.2) is 8.42 Å². The van der Waals surface area contributed by atoms with E-state index >= 15 is 0 Å². The first kappa shape index (κ1) is 16.8. The first-order valence-corrected chi connectivity index (χ1v) is 9.15. The summed E-state index contributed by atoms with van der Waals surface area (Å²) in [5.74, 6) is 0. The van der Waals surface area contributed by atoms with E-state index in [0.29, 0.717) is 17.1 Å². The maximum absolute atomic E-state index is 12.6. The van der Waals surface area contributed by atoms with Gasteiger partial charge in [-0.3, -0.25) is 4.72 Å². The van der Waals surface area contributed by atoms with E-state index in [1.165, 1.54) is 0 Å². The molecule has 2 aromatic rings. The van der Waals surface area contributed by atoms with Crippen molar-refractivity contribution in [1.82, 2.24) is 0 Å². The molecular weight excluding hydrogens is 318 g/mol. The fraction of sp³-hybridized carbons (Fsp3) is 0.294. The van der Waals surface area contributed by atoms with Crippen LogP contribution in [0.15, 0.2) is 41.3 Å². The minimum atomic E-state index is -3.62. The zero-order valence-corrected chi connectivity index (χ0v) is 14.6. The van der Waals surface area contributed by atoms with Crippen molar-refractivity contribution >= 4 is 27.3 Å². The Morgan fingerprint density at radius 3 is 2.18 bits per heavy atom. The molecule has 5 heteroatoms. The number of benzene rings is 2. The van der Waals surface area contributed by atoms with Gasteiger partial charge in [-0.1, -0.05) is 49.2 Å². The number of anilines is 1. The number of hydrogen-bond acceptors (Lipinski definition) is 2. The highest BCUT2D eigenvalue weighted by atomic mass is 35.5. The van der Waals surface area contributed by atoms with Crippen LogP contribution in [0.1, 0.15) is 30.5 Å². The summed E-state index contributed by atoms with van der Waals surface area (Å²) in [6.07, 6.45) is 1.40. The Labute approximate surface area is 137 Å². The number of halogens is 1. The van der Waals surface area contributed by atoms with Gasteiger partial charge in [0.1, 0.15) is 0 Å². The highest BCUT2D eigenvalue weighted by Gasteiger charge is 2.19. The number of rotatable bonds is 5. The summed E-state index contributed by atoms with van der Waals surface area (Å²) >= 11 is 6.22. The molecule has 0 radical (unpaired) electrons. The summed E-state index contributed by atoms with van der Waals surface area (Å²) in [5.41, 5.74) is 3.40. The van der Waals surface area contributed by atoms with Gasteiger partial charge in [0, 0.05) is 5.02 Å². The molecule has 0 fully saturated rings. The second-order valence-corrected chi connectivity index (χ2v) is 7.28. The van der Waals surface area contributed by atoms with Gasteiger partial charge in [-0.2, -0.15) is 0 Å². The first-order chi connectivity index (χ1) is 10.4. The predicted octanol–water partition coefficient (Wildman–Crippen LogP) is 4.57. The van der Waals surface area contributed by atoms with Crippen LogP contribution < -0.4 is 4.72 Å². The van der Waals surface area contributed by atoms with Crippen molar-refractivity contribution < 1.29 is 8.42 Å². The second-order valence-electron chi connectivity index (χ2n) is 5.19. The van der Waals surface area contributed by atoms with Gasteiger partial charge >= 0.3 is 0 Å². The second kappa shape index (κ2) is 6.71. The van der Waals surface area contributed by atoms with Crippen molar-refractivity contribution in [2.45, 2.75) is 38.5 Å². The molecule has 2 aromatic carbocycles. The molecule has 1 N–H and O–H groups in total. The minimum absolute atomic E-state index is 0.252. The predicted molar refractivity (Wildman–Crippen MR) is 92.2 cm³/mol. The summed E-state index contributed by atoms with van der Waals surface area (Å²) in [6.45, 7) is 5.88. The van der Waals surface area contributed by atoms with Gasteiger partial charge in [-0.15, -0.1) is 0 Å². The molecule has 0 amide bonds. The third-order valence-electron chi connectivity index (χ3n) is 3.64. The Bertz CT molecular complexity index is 768. The average molecular weight is 338 g/mol. The lowest BCUT2D eigenvalue weighted by Crippen LogP contribution is -2.16. The molecule has 0 aliphatic rings. The Morgan fingerprint density at radius 1 is 1.00 bits per heavy atom. The molecule has 0 saturated heterocycles. The van der Waals surface area contributed by atoms with Crippen molar-refractivity contribution in [2.75, 3.05) is 4.72 Å². The SMILES string of the molecule is CCc1ccc(Cl)c(CC)c1NS(=O)(=O)c1ccc(C)cc1. The van der Waals surface area contributed by atoms with Gasteiger partial charge in [0.2, 0.25) is 0 Å². The van der Waals surface area contributed by atoms with Crippen LogP contribution in [0, 0.1) is 6.92 Å². The van der Waals surface area contributed by atoms with E-state index < -0.39 is 10.0 Å². The number of hydrogen-bond donors (Lipinski definition) is 1. The van der Waals surface area contributed by atoms with Crippen LogP contribution in [0.2, 0.25) is 5.02 Å². The van der Waals surface area contributed by atoms with E-state index in [1.807, 2.05) is 32.9 Å². The molecule has 3 nitrogen and oxygen atoms in total. The molecule has 0 heterocycles. The molecule has 0 spiro atoms. The average Bonchev–Trinajstić information content (AvgIpc) is 2.48. The molecule has 118 valence electrons. The number of sulfonamides is 1. The van der Waals surface area contributed by atoms with Gasteiger partial charge in [0.25, 0.3) is 10.0 Å². The quantitative estimate of drug-likeness (QED) is 0.868. The zero-order chi connectivity index (χ0) is 16.3. The summed E-state index contributed by atoms with van der Waals surface area (Å²) in [7, 11) is -3.62. The van der Waals surface area contributed by atoms with Crippen molar-refractivity contribution in [3.63, 3.8) is 0 Å². The molecule has 0 aliphatic heterocycles. The first-order valence-electron chi connectivity index (χ1n) is 7.28. The molecular formula is C17H20ClNO2S. The molecule has 2 rings (SSSR count). The Balaban J connectivity index is 2.49. The molecule has 0 bridgehead atoms. The standard InChI is InChI=1S/C17H20ClNO2S/c1-4-13-8-11-16(18)15(5-2)17(13)19-22(20,21)14-9-6-12(3)7-10-14/h6-11,19H,4-5H2,1-3H3. The topological polar surface area (TPSA) is 46.2 Å². The molecule has 0 saturated carbocycles. The van der Waals surface area contributed by atoms with Gasteiger partial charge in [-0.25, -0.2) is 8.42 Å². The molecule has 0 atom stereocenters. The fourth-order valence-electron chi connectivity index (χ4n) is 2.35. The summed E-state index contributed by atoms with van der Waals surface area (Å²) in [5, 5.41) is 0.585. The van der Waals surface area contributed by atoms with Crippen molar-refractivity contribution in [3.05, 3.63) is 58.1 Å².